The number of anilines is 1. The first-order valence-corrected chi connectivity index (χ1v) is 8.89. The van der Waals surface area contributed by atoms with Crippen molar-refractivity contribution in [3.63, 3.8) is 0 Å². The zero-order valence-corrected chi connectivity index (χ0v) is 14.3. The first-order valence-electron chi connectivity index (χ1n) is 7.34. The maximum Gasteiger partial charge on any atom is 0.293 e. The van der Waals surface area contributed by atoms with Gasteiger partial charge in [0.2, 0.25) is 10.0 Å². The molecule has 0 aliphatic rings. The number of benzene rings is 2. The second-order valence-corrected chi connectivity index (χ2v) is 6.95. The minimum atomic E-state index is -4.00. The van der Waals surface area contributed by atoms with Crippen molar-refractivity contribution in [2.45, 2.75) is 25.3 Å². The van der Waals surface area contributed by atoms with E-state index in [1.807, 2.05) is 43.0 Å². The Bertz CT molecular complexity index is 865. The van der Waals surface area contributed by atoms with Gasteiger partial charge in [-0.1, -0.05) is 24.3 Å². The summed E-state index contributed by atoms with van der Waals surface area (Å²) in [6.45, 7) is 4.87. The SMILES string of the molecule is CCN(Cc1ccccc1C)c1ccc(S(N)(=O)=O)cc1[N+](=O)[O-]. The molecule has 0 unspecified atom stereocenters. The van der Waals surface area contributed by atoms with Crippen LogP contribution in [0.5, 0.6) is 0 Å². The van der Waals surface area contributed by atoms with E-state index in [4.69, 9.17) is 5.14 Å². The maximum atomic E-state index is 11.4. The number of nitrogens with two attached hydrogens (primary N) is 1. The number of rotatable bonds is 6. The molecule has 2 rings (SSSR count). The van der Waals surface area contributed by atoms with Gasteiger partial charge in [0.1, 0.15) is 5.69 Å². The Balaban J connectivity index is 2.48. The van der Waals surface area contributed by atoms with Crippen molar-refractivity contribution in [1.29, 1.82) is 0 Å². The monoisotopic (exact) mass is 349 g/mol. The predicted octanol–water partition coefficient (Wildman–Crippen LogP) is 2.58. The molecule has 7 nitrogen and oxygen atoms in total. The highest BCUT2D eigenvalue weighted by Crippen LogP contribution is 2.31. The molecule has 0 radical (unpaired) electrons. The molecule has 2 aromatic rings. The fraction of sp³-hybridized carbons (Fsp3) is 0.250. The first-order chi connectivity index (χ1) is 11.2. The number of aryl methyl sites for hydroxylation is 1. The maximum absolute atomic E-state index is 11.4. The Labute approximate surface area is 140 Å². The second kappa shape index (κ2) is 6.98. The third-order valence-electron chi connectivity index (χ3n) is 3.82. The van der Waals surface area contributed by atoms with Crippen molar-refractivity contribution >= 4 is 21.4 Å². The van der Waals surface area contributed by atoms with Crippen LogP contribution in [0, 0.1) is 17.0 Å². The van der Waals surface area contributed by atoms with Crippen LogP contribution in [0.2, 0.25) is 0 Å². The normalized spacial score (nSPS) is 11.3. The fourth-order valence-corrected chi connectivity index (χ4v) is 2.99. The lowest BCUT2D eigenvalue weighted by Crippen LogP contribution is -2.24. The van der Waals surface area contributed by atoms with E-state index < -0.39 is 14.9 Å². The van der Waals surface area contributed by atoms with E-state index in [0.29, 0.717) is 18.8 Å². The van der Waals surface area contributed by atoms with Crippen LogP contribution in [0.15, 0.2) is 47.4 Å². The number of nitrogens with zero attached hydrogens (tertiary/aromatic N) is 2. The van der Waals surface area contributed by atoms with Crippen molar-refractivity contribution in [3.05, 3.63) is 63.7 Å². The van der Waals surface area contributed by atoms with Gasteiger partial charge in [0.25, 0.3) is 5.69 Å². The number of nitro groups is 1. The Kier molecular flexibility index (Phi) is 5.20. The van der Waals surface area contributed by atoms with Crippen molar-refractivity contribution < 1.29 is 13.3 Å². The quantitative estimate of drug-likeness (QED) is 0.637. The molecule has 0 heterocycles. The van der Waals surface area contributed by atoms with Gasteiger partial charge >= 0.3 is 0 Å². The summed E-state index contributed by atoms with van der Waals surface area (Å²) in [5.41, 5.74) is 2.21. The van der Waals surface area contributed by atoms with Crippen LogP contribution in [-0.4, -0.2) is 19.9 Å². The summed E-state index contributed by atoms with van der Waals surface area (Å²) in [6, 6.07) is 11.5. The topological polar surface area (TPSA) is 107 Å². The molecule has 128 valence electrons. The van der Waals surface area contributed by atoms with Gasteiger partial charge in [-0.25, -0.2) is 13.6 Å². The van der Waals surface area contributed by atoms with E-state index in [0.717, 1.165) is 17.2 Å². The standard InChI is InChI=1S/C16H19N3O4S/c1-3-18(11-13-7-5-4-6-12(13)2)15-9-8-14(24(17,22)23)10-16(15)19(20)21/h4-10H,3,11H2,1-2H3,(H2,17,22,23). The Morgan fingerprint density at radius 3 is 2.42 bits per heavy atom. The van der Waals surface area contributed by atoms with Gasteiger partial charge in [-0.3, -0.25) is 10.1 Å². The molecule has 0 fully saturated rings. The Morgan fingerprint density at radius 1 is 1.21 bits per heavy atom. The van der Waals surface area contributed by atoms with Gasteiger partial charge in [-0.2, -0.15) is 0 Å². The second-order valence-electron chi connectivity index (χ2n) is 5.39. The van der Waals surface area contributed by atoms with Crippen LogP contribution in [-0.2, 0) is 16.6 Å². The van der Waals surface area contributed by atoms with Gasteiger partial charge in [-0.15, -0.1) is 0 Å². The van der Waals surface area contributed by atoms with Gasteiger partial charge in [0, 0.05) is 19.2 Å². The van der Waals surface area contributed by atoms with Crippen LogP contribution in [0.25, 0.3) is 0 Å². The molecule has 0 saturated heterocycles. The number of hydrogen-bond acceptors (Lipinski definition) is 5. The molecule has 0 aliphatic heterocycles. The average Bonchev–Trinajstić information content (AvgIpc) is 2.52. The molecule has 0 aromatic heterocycles. The predicted molar refractivity (Wildman–Crippen MR) is 92.4 cm³/mol. The first kappa shape index (κ1) is 17.9. The lowest BCUT2D eigenvalue weighted by molar-refractivity contribution is -0.384. The van der Waals surface area contributed by atoms with E-state index in [-0.39, 0.29) is 10.6 Å². The van der Waals surface area contributed by atoms with Gasteiger partial charge < -0.3 is 4.90 Å². The molecular formula is C16H19N3O4S. The summed E-state index contributed by atoms with van der Waals surface area (Å²) in [4.78, 5) is 12.3. The van der Waals surface area contributed by atoms with E-state index >= 15 is 0 Å². The van der Waals surface area contributed by atoms with Crippen LogP contribution >= 0.6 is 0 Å². The summed E-state index contributed by atoms with van der Waals surface area (Å²) in [5, 5.41) is 16.4. The molecule has 24 heavy (non-hydrogen) atoms. The summed E-state index contributed by atoms with van der Waals surface area (Å²) < 4.78 is 22.9. The molecule has 0 amide bonds. The number of nitro benzene ring substituents is 1. The molecule has 0 aliphatic carbocycles. The highest BCUT2D eigenvalue weighted by molar-refractivity contribution is 7.89. The van der Waals surface area contributed by atoms with E-state index in [1.54, 1.807) is 0 Å². The highest BCUT2D eigenvalue weighted by Gasteiger charge is 2.22. The van der Waals surface area contributed by atoms with Crippen molar-refractivity contribution in [2.24, 2.45) is 5.14 Å². The molecule has 0 spiro atoms. The lowest BCUT2D eigenvalue weighted by atomic mass is 10.1. The molecule has 8 heteroatoms. The molecule has 0 atom stereocenters. The Hall–Kier alpha value is -2.45. The number of hydrogen-bond donors (Lipinski definition) is 1. The van der Waals surface area contributed by atoms with Crippen molar-refractivity contribution in [1.82, 2.24) is 0 Å². The smallest absolute Gasteiger partial charge is 0.293 e. The lowest BCUT2D eigenvalue weighted by Gasteiger charge is -2.24. The summed E-state index contributed by atoms with van der Waals surface area (Å²) in [5.74, 6) is 0. The van der Waals surface area contributed by atoms with Gasteiger partial charge in [0.05, 0.1) is 9.82 Å². The van der Waals surface area contributed by atoms with Crippen molar-refractivity contribution in [3.8, 4) is 0 Å². The van der Waals surface area contributed by atoms with Crippen LogP contribution in [0.4, 0.5) is 11.4 Å². The fourth-order valence-electron chi connectivity index (χ4n) is 2.45. The van der Waals surface area contributed by atoms with Crippen LogP contribution < -0.4 is 10.0 Å². The average molecular weight is 349 g/mol. The zero-order chi connectivity index (χ0) is 17.9. The third-order valence-corrected chi connectivity index (χ3v) is 4.73. The minimum absolute atomic E-state index is 0.273. The molecule has 2 aromatic carbocycles. The van der Waals surface area contributed by atoms with E-state index in [9.17, 15) is 18.5 Å². The number of primary sulfonamides is 1. The summed E-state index contributed by atoms with van der Waals surface area (Å²) in [6.07, 6.45) is 0. The Morgan fingerprint density at radius 2 is 1.88 bits per heavy atom. The number of sulfonamides is 1. The summed E-state index contributed by atoms with van der Waals surface area (Å²) in [7, 11) is -4.00. The summed E-state index contributed by atoms with van der Waals surface area (Å²) >= 11 is 0. The minimum Gasteiger partial charge on any atom is -0.362 e. The van der Waals surface area contributed by atoms with Gasteiger partial charge in [0.15, 0.2) is 0 Å². The van der Waals surface area contributed by atoms with Crippen molar-refractivity contribution in [2.75, 3.05) is 11.4 Å². The molecule has 0 saturated carbocycles. The third kappa shape index (κ3) is 3.90. The molecular weight excluding hydrogens is 330 g/mol. The van der Waals surface area contributed by atoms with E-state index in [1.165, 1.54) is 12.1 Å². The molecule has 2 N–H and O–H groups in total. The van der Waals surface area contributed by atoms with Gasteiger partial charge in [-0.05, 0) is 37.1 Å². The largest absolute Gasteiger partial charge is 0.362 e. The van der Waals surface area contributed by atoms with Crippen LogP contribution in [0.1, 0.15) is 18.1 Å². The van der Waals surface area contributed by atoms with E-state index in [2.05, 4.69) is 0 Å². The highest BCUT2D eigenvalue weighted by atomic mass is 32.2. The zero-order valence-electron chi connectivity index (χ0n) is 13.5. The molecule has 0 bridgehead atoms. The van der Waals surface area contributed by atoms with Crippen LogP contribution in [0.3, 0.4) is 0 Å².